The summed E-state index contributed by atoms with van der Waals surface area (Å²) in [5.74, 6) is 1.56. The molecule has 20 heavy (non-hydrogen) atoms. The van der Waals surface area contributed by atoms with Crippen LogP contribution in [-0.4, -0.2) is 35.3 Å². The second-order valence-electron chi connectivity index (χ2n) is 5.22. The first-order chi connectivity index (χ1) is 9.61. The third-order valence-corrected chi connectivity index (χ3v) is 5.60. The van der Waals surface area contributed by atoms with Crippen LogP contribution in [0.15, 0.2) is 22.7 Å². The van der Waals surface area contributed by atoms with Gasteiger partial charge in [0.1, 0.15) is 0 Å². The fourth-order valence-corrected chi connectivity index (χ4v) is 4.11. The topological polar surface area (TPSA) is 32.3 Å². The van der Waals surface area contributed by atoms with Crippen molar-refractivity contribution >= 4 is 32.4 Å². The molecule has 1 atom stereocenters. The first-order valence-electron chi connectivity index (χ1n) is 7.24. The lowest BCUT2D eigenvalue weighted by atomic mass is 10.1. The molecule has 5 heteroatoms. The monoisotopic (exact) mass is 358 g/mol. The highest BCUT2D eigenvalue weighted by atomic mass is 79.9. The van der Waals surface area contributed by atoms with E-state index in [4.69, 9.17) is 0 Å². The van der Waals surface area contributed by atoms with Crippen molar-refractivity contribution in [3.05, 3.63) is 28.2 Å². The Kier molecular flexibility index (Phi) is 6.05. The maximum absolute atomic E-state index is 11.4. The lowest BCUT2D eigenvalue weighted by Crippen LogP contribution is -2.37. The molecule has 1 aromatic carbocycles. The Morgan fingerprint density at radius 1 is 1.40 bits per heavy atom. The van der Waals surface area contributed by atoms with E-state index in [1.165, 1.54) is 11.3 Å². The van der Waals surface area contributed by atoms with E-state index < -0.39 is 10.8 Å². The van der Waals surface area contributed by atoms with Gasteiger partial charge in [0.05, 0.1) is 5.69 Å². The lowest BCUT2D eigenvalue weighted by Gasteiger charge is -2.29. The molecule has 1 saturated heterocycles. The van der Waals surface area contributed by atoms with Gasteiger partial charge < -0.3 is 10.2 Å². The van der Waals surface area contributed by atoms with Crippen LogP contribution < -0.4 is 10.2 Å². The van der Waals surface area contributed by atoms with Crippen LogP contribution in [0.25, 0.3) is 0 Å². The van der Waals surface area contributed by atoms with Gasteiger partial charge in [0.25, 0.3) is 0 Å². The molecule has 0 aliphatic carbocycles. The molecule has 1 fully saturated rings. The number of nitrogens with zero attached hydrogens (tertiary/aromatic N) is 1. The Morgan fingerprint density at radius 2 is 2.10 bits per heavy atom. The summed E-state index contributed by atoms with van der Waals surface area (Å²) in [6.45, 7) is 7.18. The first-order valence-corrected chi connectivity index (χ1v) is 9.52. The minimum atomic E-state index is -0.624. The summed E-state index contributed by atoms with van der Waals surface area (Å²) in [5, 5.41) is 3.51. The number of hydrogen-bond donors (Lipinski definition) is 1. The molecule has 0 bridgehead atoms. The van der Waals surface area contributed by atoms with Gasteiger partial charge in [0, 0.05) is 45.9 Å². The maximum atomic E-state index is 11.4. The second kappa shape index (κ2) is 7.57. The Labute approximate surface area is 132 Å². The summed E-state index contributed by atoms with van der Waals surface area (Å²) >= 11 is 3.69. The van der Waals surface area contributed by atoms with E-state index in [-0.39, 0.29) is 0 Å². The zero-order chi connectivity index (χ0) is 14.5. The van der Waals surface area contributed by atoms with E-state index in [2.05, 4.69) is 58.2 Å². The van der Waals surface area contributed by atoms with E-state index in [9.17, 15) is 4.21 Å². The van der Waals surface area contributed by atoms with Crippen molar-refractivity contribution in [3.8, 4) is 0 Å². The molecular weight excluding hydrogens is 336 g/mol. The van der Waals surface area contributed by atoms with Gasteiger partial charge in [0.2, 0.25) is 0 Å². The van der Waals surface area contributed by atoms with Crippen molar-refractivity contribution in [2.75, 3.05) is 36.0 Å². The molecule has 1 aromatic rings. The third kappa shape index (κ3) is 4.06. The maximum Gasteiger partial charge on any atom is 0.0511 e. The number of anilines is 1. The van der Waals surface area contributed by atoms with Crippen molar-refractivity contribution in [1.29, 1.82) is 0 Å². The molecule has 0 aromatic heterocycles. The Morgan fingerprint density at radius 3 is 2.70 bits per heavy atom. The van der Waals surface area contributed by atoms with Gasteiger partial charge in [-0.15, -0.1) is 0 Å². The van der Waals surface area contributed by atoms with Gasteiger partial charge in [-0.25, -0.2) is 0 Å². The standard InChI is InChI=1S/C15H23BrN2OS/c1-3-6-17-12(2)13-4-5-15(14(16)11-13)18-7-9-20(19)10-8-18/h4-5,11-12,17H,3,6-10H2,1-2H3. The highest BCUT2D eigenvalue weighted by molar-refractivity contribution is 9.10. The fourth-order valence-electron chi connectivity index (χ4n) is 2.41. The quantitative estimate of drug-likeness (QED) is 0.877. The minimum Gasteiger partial charge on any atom is -0.369 e. The molecule has 1 N–H and O–H groups in total. The highest BCUT2D eigenvalue weighted by Crippen LogP contribution is 2.30. The van der Waals surface area contributed by atoms with Crippen molar-refractivity contribution in [1.82, 2.24) is 5.32 Å². The first kappa shape index (κ1) is 16.0. The number of halogens is 1. The molecule has 3 nitrogen and oxygen atoms in total. The van der Waals surface area contributed by atoms with E-state index in [0.29, 0.717) is 6.04 Å². The minimum absolute atomic E-state index is 0.370. The predicted octanol–water partition coefficient (Wildman–Crippen LogP) is 3.08. The average molecular weight is 359 g/mol. The van der Waals surface area contributed by atoms with Crippen molar-refractivity contribution in [2.45, 2.75) is 26.3 Å². The normalized spacial score (nSPS) is 18.2. The smallest absolute Gasteiger partial charge is 0.0511 e. The van der Waals surface area contributed by atoms with E-state index in [0.717, 1.165) is 42.0 Å². The van der Waals surface area contributed by atoms with Gasteiger partial charge in [-0.05, 0) is 53.5 Å². The number of hydrogen-bond acceptors (Lipinski definition) is 3. The van der Waals surface area contributed by atoms with Crippen molar-refractivity contribution < 1.29 is 4.21 Å². The Balaban J connectivity index is 2.07. The number of benzene rings is 1. The fraction of sp³-hybridized carbons (Fsp3) is 0.600. The number of nitrogens with one attached hydrogen (secondary N) is 1. The van der Waals surface area contributed by atoms with Crippen LogP contribution in [0.3, 0.4) is 0 Å². The largest absolute Gasteiger partial charge is 0.369 e. The van der Waals surface area contributed by atoms with E-state index >= 15 is 0 Å². The van der Waals surface area contributed by atoms with Crippen LogP contribution in [0, 0.1) is 0 Å². The van der Waals surface area contributed by atoms with E-state index in [1.54, 1.807) is 0 Å². The molecule has 1 unspecified atom stereocenters. The third-order valence-electron chi connectivity index (χ3n) is 3.69. The zero-order valence-electron chi connectivity index (χ0n) is 12.2. The summed E-state index contributed by atoms with van der Waals surface area (Å²) in [7, 11) is -0.624. The molecule has 1 aliphatic rings. The molecule has 0 spiro atoms. The Bertz CT molecular complexity index is 471. The predicted molar refractivity (Wildman–Crippen MR) is 90.9 cm³/mol. The second-order valence-corrected chi connectivity index (χ2v) is 7.77. The molecule has 0 amide bonds. The molecular formula is C15H23BrN2OS. The average Bonchev–Trinajstić information content (AvgIpc) is 2.46. The molecule has 1 aliphatic heterocycles. The van der Waals surface area contributed by atoms with Crippen LogP contribution in [0.5, 0.6) is 0 Å². The molecule has 0 radical (unpaired) electrons. The SMILES string of the molecule is CCCNC(C)c1ccc(N2CCS(=O)CC2)c(Br)c1. The summed E-state index contributed by atoms with van der Waals surface area (Å²) in [6, 6.07) is 6.94. The van der Waals surface area contributed by atoms with Crippen LogP contribution in [0.1, 0.15) is 31.9 Å². The van der Waals surface area contributed by atoms with Crippen LogP contribution >= 0.6 is 15.9 Å². The van der Waals surface area contributed by atoms with Crippen LogP contribution in [0.4, 0.5) is 5.69 Å². The van der Waals surface area contributed by atoms with Crippen LogP contribution in [0.2, 0.25) is 0 Å². The summed E-state index contributed by atoms with van der Waals surface area (Å²) < 4.78 is 12.6. The zero-order valence-corrected chi connectivity index (χ0v) is 14.6. The summed E-state index contributed by atoms with van der Waals surface area (Å²) in [5.41, 5.74) is 2.52. The lowest BCUT2D eigenvalue weighted by molar-refractivity contribution is 0.570. The summed E-state index contributed by atoms with van der Waals surface area (Å²) in [6.07, 6.45) is 1.15. The van der Waals surface area contributed by atoms with E-state index in [1.807, 2.05) is 0 Å². The highest BCUT2D eigenvalue weighted by Gasteiger charge is 2.18. The van der Waals surface area contributed by atoms with Crippen molar-refractivity contribution in [3.63, 3.8) is 0 Å². The molecule has 0 saturated carbocycles. The number of rotatable bonds is 5. The molecule has 112 valence electrons. The summed E-state index contributed by atoms with van der Waals surface area (Å²) in [4.78, 5) is 2.32. The van der Waals surface area contributed by atoms with Crippen molar-refractivity contribution in [2.24, 2.45) is 0 Å². The molecule has 2 rings (SSSR count). The van der Waals surface area contributed by atoms with Gasteiger partial charge >= 0.3 is 0 Å². The van der Waals surface area contributed by atoms with Gasteiger partial charge in [0.15, 0.2) is 0 Å². The van der Waals surface area contributed by atoms with Gasteiger partial charge in [-0.1, -0.05) is 13.0 Å². The molecule has 1 heterocycles. The van der Waals surface area contributed by atoms with Crippen LogP contribution in [-0.2, 0) is 10.8 Å². The van der Waals surface area contributed by atoms with Gasteiger partial charge in [-0.2, -0.15) is 0 Å². The van der Waals surface area contributed by atoms with Gasteiger partial charge in [-0.3, -0.25) is 4.21 Å². The Hall–Kier alpha value is -0.390.